The lowest BCUT2D eigenvalue weighted by atomic mass is 9.96. The molecule has 0 bridgehead atoms. The van der Waals surface area contributed by atoms with Gasteiger partial charge in [0.1, 0.15) is 0 Å². The first-order chi connectivity index (χ1) is 8.70. The fourth-order valence-electron chi connectivity index (χ4n) is 3.00. The average molecular weight is 266 g/mol. The number of amidine groups is 1. The summed E-state index contributed by atoms with van der Waals surface area (Å²) in [5.74, 6) is 4.18. The molecule has 0 aromatic heterocycles. The second-order valence-electron chi connectivity index (χ2n) is 6.62. The van der Waals surface area contributed by atoms with Crippen LogP contribution in [0.25, 0.3) is 0 Å². The molecule has 0 aromatic carbocycles. The minimum Gasteiger partial charge on any atom is -0.360 e. The smallest absolute Gasteiger partial charge is 0.156 e. The van der Waals surface area contributed by atoms with E-state index in [1.807, 2.05) is 11.8 Å². The van der Waals surface area contributed by atoms with Gasteiger partial charge >= 0.3 is 0 Å². The van der Waals surface area contributed by atoms with E-state index in [1.54, 1.807) is 0 Å². The lowest BCUT2D eigenvalue weighted by Gasteiger charge is -2.35. The molecule has 3 rings (SSSR count). The molecule has 2 aliphatic carbocycles. The SMILES string of the molecule is CCC1(C)CCSC(=NCC(C2CC2)C2CC2)N1. The molecule has 1 atom stereocenters. The van der Waals surface area contributed by atoms with Crippen molar-refractivity contribution in [2.45, 2.75) is 57.9 Å². The molecular formula is C15H26N2S. The number of rotatable bonds is 5. The summed E-state index contributed by atoms with van der Waals surface area (Å²) in [7, 11) is 0. The Morgan fingerprint density at radius 3 is 2.56 bits per heavy atom. The largest absolute Gasteiger partial charge is 0.360 e. The van der Waals surface area contributed by atoms with E-state index >= 15 is 0 Å². The maximum absolute atomic E-state index is 4.92. The number of nitrogens with one attached hydrogen (secondary N) is 1. The van der Waals surface area contributed by atoms with Crippen molar-refractivity contribution in [2.75, 3.05) is 12.3 Å². The molecule has 1 unspecified atom stereocenters. The zero-order valence-electron chi connectivity index (χ0n) is 11.7. The summed E-state index contributed by atoms with van der Waals surface area (Å²) in [4.78, 5) is 4.92. The van der Waals surface area contributed by atoms with E-state index in [1.165, 1.54) is 49.4 Å². The van der Waals surface area contributed by atoms with E-state index in [0.29, 0.717) is 5.54 Å². The Labute approximate surface area is 115 Å². The summed E-state index contributed by atoms with van der Waals surface area (Å²) in [6.45, 7) is 5.70. The van der Waals surface area contributed by atoms with Crippen molar-refractivity contribution in [3.05, 3.63) is 0 Å². The van der Waals surface area contributed by atoms with Gasteiger partial charge in [0.25, 0.3) is 0 Å². The molecule has 1 aliphatic heterocycles. The van der Waals surface area contributed by atoms with Gasteiger partial charge in [0.15, 0.2) is 5.17 Å². The summed E-state index contributed by atoms with van der Waals surface area (Å²) < 4.78 is 0. The van der Waals surface area contributed by atoms with Gasteiger partial charge < -0.3 is 5.32 Å². The summed E-state index contributed by atoms with van der Waals surface area (Å²) in [5, 5.41) is 4.89. The van der Waals surface area contributed by atoms with Gasteiger partial charge in [0.2, 0.25) is 0 Å². The molecule has 3 heteroatoms. The summed E-state index contributed by atoms with van der Waals surface area (Å²) in [5.41, 5.74) is 0.290. The van der Waals surface area contributed by atoms with Crippen LogP contribution in [0.2, 0.25) is 0 Å². The van der Waals surface area contributed by atoms with Crippen LogP contribution in [0.5, 0.6) is 0 Å². The Bertz CT molecular complexity index is 321. The maximum Gasteiger partial charge on any atom is 0.156 e. The van der Waals surface area contributed by atoms with Crippen molar-refractivity contribution >= 4 is 16.9 Å². The highest BCUT2D eigenvalue weighted by Gasteiger charge is 2.41. The maximum atomic E-state index is 4.92. The van der Waals surface area contributed by atoms with E-state index in [0.717, 1.165) is 24.3 Å². The monoisotopic (exact) mass is 266 g/mol. The Kier molecular flexibility index (Phi) is 3.61. The fraction of sp³-hybridized carbons (Fsp3) is 0.933. The van der Waals surface area contributed by atoms with Crippen LogP contribution >= 0.6 is 11.8 Å². The minimum atomic E-state index is 0.290. The Morgan fingerprint density at radius 2 is 2.00 bits per heavy atom. The van der Waals surface area contributed by atoms with E-state index in [2.05, 4.69) is 19.2 Å². The second kappa shape index (κ2) is 5.07. The number of nitrogens with zero attached hydrogens (tertiary/aromatic N) is 1. The van der Waals surface area contributed by atoms with Crippen LogP contribution in [0.4, 0.5) is 0 Å². The molecule has 2 nitrogen and oxygen atoms in total. The van der Waals surface area contributed by atoms with Gasteiger partial charge in [-0.15, -0.1) is 0 Å². The molecule has 18 heavy (non-hydrogen) atoms. The summed E-state index contributed by atoms with van der Waals surface area (Å²) in [6, 6.07) is 0. The summed E-state index contributed by atoms with van der Waals surface area (Å²) in [6.07, 6.45) is 8.35. The van der Waals surface area contributed by atoms with E-state index in [9.17, 15) is 0 Å². The first-order valence-corrected chi connectivity index (χ1v) is 8.64. The summed E-state index contributed by atoms with van der Waals surface area (Å²) >= 11 is 1.93. The third-order valence-electron chi connectivity index (χ3n) is 4.98. The molecule has 102 valence electrons. The highest BCUT2D eigenvalue weighted by Crippen LogP contribution is 2.49. The van der Waals surface area contributed by atoms with Crippen molar-refractivity contribution in [3.63, 3.8) is 0 Å². The number of hydrogen-bond donors (Lipinski definition) is 1. The van der Waals surface area contributed by atoms with Gasteiger partial charge in [0, 0.05) is 17.8 Å². The van der Waals surface area contributed by atoms with E-state index in [-0.39, 0.29) is 0 Å². The van der Waals surface area contributed by atoms with Gasteiger partial charge in [-0.3, -0.25) is 4.99 Å². The lowest BCUT2D eigenvalue weighted by Crippen LogP contribution is -2.48. The molecule has 3 fully saturated rings. The molecule has 1 N–H and O–H groups in total. The molecule has 1 heterocycles. The molecule has 1 saturated heterocycles. The zero-order chi connectivity index (χ0) is 12.6. The third-order valence-corrected chi connectivity index (χ3v) is 5.90. The van der Waals surface area contributed by atoms with Crippen LogP contribution in [0, 0.1) is 17.8 Å². The van der Waals surface area contributed by atoms with E-state index in [4.69, 9.17) is 4.99 Å². The topological polar surface area (TPSA) is 24.4 Å². The quantitative estimate of drug-likeness (QED) is 0.821. The Balaban J connectivity index is 1.57. The van der Waals surface area contributed by atoms with Crippen LogP contribution in [-0.4, -0.2) is 23.0 Å². The first-order valence-electron chi connectivity index (χ1n) is 7.65. The van der Waals surface area contributed by atoms with Crippen molar-refractivity contribution < 1.29 is 0 Å². The van der Waals surface area contributed by atoms with Crippen molar-refractivity contribution in [1.82, 2.24) is 5.32 Å². The van der Waals surface area contributed by atoms with Crippen LogP contribution in [0.15, 0.2) is 4.99 Å². The van der Waals surface area contributed by atoms with Crippen molar-refractivity contribution in [1.29, 1.82) is 0 Å². The van der Waals surface area contributed by atoms with Crippen molar-refractivity contribution in [2.24, 2.45) is 22.7 Å². The van der Waals surface area contributed by atoms with Gasteiger partial charge in [-0.2, -0.15) is 0 Å². The molecule has 0 aromatic rings. The Morgan fingerprint density at radius 1 is 1.33 bits per heavy atom. The van der Waals surface area contributed by atoms with Crippen LogP contribution < -0.4 is 5.32 Å². The highest BCUT2D eigenvalue weighted by molar-refractivity contribution is 8.13. The molecule has 0 amide bonds. The fourth-order valence-corrected chi connectivity index (χ4v) is 4.23. The predicted octanol–water partition coefficient (Wildman–Crippen LogP) is 3.67. The molecule has 0 spiro atoms. The molecule has 2 saturated carbocycles. The Hall–Kier alpha value is -0.180. The molecule has 3 aliphatic rings. The predicted molar refractivity (Wildman–Crippen MR) is 80.1 cm³/mol. The van der Waals surface area contributed by atoms with Crippen molar-refractivity contribution in [3.8, 4) is 0 Å². The second-order valence-corrected chi connectivity index (χ2v) is 7.71. The average Bonchev–Trinajstić information content (AvgIpc) is 3.23. The van der Waals surface area contributed by atoms with Gasteiger partial charge in [-0.05, 0) is 63.2 Å². The lowest BCUT2D eigenvalue weighted by molar-refractivity contribution is 0.386. The third kappa shape index (κ3) is 3.04. The number of aliphatic imine (C=N–C) groups is 1. The van der Waals surface area contributed by atoms with Crippen LogP contribution in [0.3, 0.4) is 0 Å². The molecular weight excluding hydrogens is 240 g/mol. The normalized spacial score (nSPS) is 34.9. The van der Waals surface area contributed by atoms with Crippen LogP contribution in [0.1, 0.15) is 52.4 Å². The van der Waals surface area contributed by atoms with Gasteiger partial charge in [-0.1, -0.05) is 18.7 Å². The first kappa shape index (κ1) is 12.8. The standard InChI is InChI=1S/C15H26N2S/c1-3-15(2)8-9-18-14(17-15)16-10-13(11-4-5-11)12-6-7-12/h11-13H,3-10H2,1-2H3,(H,16,17). The number of hydrogen-bond acceptors (Lipinski definition) is 2. The molecule has 0 radical (unpaired) electrons. The number of thioether (sulfide) groups is 1. The van der Waals surface area contributed by atoms with Crippen LogP contribution in [-0.2, 0) is 0 Å². The zero-order valence-corrected chi connectivity index (χ0v) is 12.6. The van der Waals surface area contributed by atoms with Gasteiger partial charge in [-0.25, -0.2) is 0 Å². The van der Waals surface area contributed by atoms with E-state index < -0.39 is 0 Å². The highest BCUT2D eigenvalue weighted by atomic mass is 32.2. The minimum absolute atomic E-state index is 0.290. The van der Waals surface area contributed by atoms with Gasteiger partial charge in [0.05, 0.1) is 0 Å².